The minimum absolute atomic E-state index is 0.0143. The smallest absolute Gasteiger partial charge is 0.272 e. The fourth-order valence-electron chi connectivity index (χ4n) is 3.57. The van der Waals surface area contributed by atoms with Crippen LogP contribution in [0.15, 0.2) is 60.9 Å². The van der Waals surface area contributed by atoms with Gasteiger partial charge in [0, 0.05) is 38.1 Å². The van der Waals surface area contributed by atoms with E-state index in [-0.39, 0.29) is 11.9 Å². The third kappa shape index (κ3) is 3.61. The number of rotatable bonds is 3. The summed E-state index contributed by atoms with van der Waals surface area (Å²) in [7, 11) is 1.82. The van der Waals surface area contributed by atoms with Crippen LogP contribution in [0.3, 0.4) is 0 Å². The molecule has 1 aromatic carbocycles. The number of benzene rings is 1. The maximum Gasteiger partial charge on any atom is 0.272 e. The van der Waals surface area contributed by atoms with Gasteiger partial charge in [0.25, 0.3) is 5.91 Å². The zero-order valence-electron chi connectivity index (χ0n) is 15.4. The normalized spacial score (nSPS) is 17.5. The zero-order chi connectivity index (χ0) is 18.6. The SMILES string of the molecule is Cn1nc(-c2ccncc2)cc1C(=O)N1CCCNCC1c1ccccc1. The Balaban J connectivity index is 1.67. The van der Waals surface area contributed by atoms with Gasteiger partial charge >= 0.3 is 0 Å². The predicted octanol–water partition coefficient (Wildman–Crippen LogP) is 2.66. The zero-order valence-corrected chi connectivity index (χ0v) is 15.4. The fourth-order valence-corrected chi connectivity index (χ4v) is 3.57. The molecule has 0 aliphatic carbocycles. The first-order chi connectivity index (χ1) is 13.2. The Morgan fingerprint density at radius 1 is 1.15 bits per heavy atom. The molecule has 1 unspecified atom stereocenters. The summed E-state index contributed by atoms with van der Waals surface area (Å²) in [6.45, 7) is 2.40. The van der Waals surface area contributed by atoms with Crippen molar-refractivity contribution >= 4 is 5.91 Å². The molecule has 1 amide bonds. The first-order valence-corrected chi connectivity index (χ1v) is 9.25. The molecule has 1 fully saturated rings. The van der Waals surface area contributed by atoms with E-state index in [1.165, 1.54) is 0 Å². The van der Waals surface area contributed by atoms with Crippen LogP contribution in [0.1, 0.15) is 28.5 Å². The topological polar surface area (TPSA) is 63.1 Å². The van der Waals surface area contributed by atoms with E-state index < -0.39 is 0 Å². The van der Waals surface area contributed by atoms with Crippen LogP contribution in [0.4, 0.5) is 0 Å². The van der Waals surface area contributed by atoms with Gasteiger partial charge in [0.15, 0.2) is 0 Å². The van der Waals surface area contributed by atoms with Gasteiger partial charge in [-0.25, -0.2) is 0 Å². The number of hydrogen-bond acceptors (Lipinski definition) is 4. The van der Waals surface area contributed by atoms with Crippen molar-refractivity contribution in [1.29, 1.82) is 0 Å². The van der Waals surface area contributed by atoms with E-state index in [1.54, 1.807) is 17.1 Å². The molecule has 4 rings (SSSR count). The standard InChI is InChI=1S/C21H23N5O/c1-25-19(14-18(24-25)16-8-11-22-12-9-16)21(27)26-13-5-10-23-15-20(26)17-6-3-2-4-7-17/h2-4,6-9,11-12,14,20,23H,5,10,13,15H2,1H3. The second-order valence-electron chi connectivity index (χ2n) is 6.76. The lowest BCUT2D eigenvalue weighted by atomic mass is 10.0. The highest BCUT2D eigenvalue weighted by Gasteiger charge is 2.29. The van der Waals surface area contributed by atoms with Crippen LogP contribution >= 0.6 is 0 Å². The third-order valence-electron chi connectivity index (χ3n) is 4.99. The molecule has 0 spiro atoms. The summed E-state index contributed by atoms with van der Waals surface area (Å²) in [5, 5.41) is 8.00. The molecule has 1 aliphatic rings. The molecule has 1 aliphatic heterocycles. The van der Waals surface area contributed by atoms with E-state index in [9.17, 15) is 4.79 Å². The molecular formula is C21H23N5O. The Morgan fingerprint density at radius 2 is 1.93 bits per heavy atom. The first kappa shape index (κ1) is 17.4. The summed E-state index contributed by atoms with van der Waals surface area (Å²) in [6, 6.07) is 15.9. The lowest BCUT2D eigenvalue weighted by Gasteiger charge is -2.30. The minimum atomic E-state index is 0.0143. The Kier molecular flexibility index (Phi) is 4.98. The number of aromatic nitrogens is 3. The number of nitrogens with zero attached hydrogens (tertiary/aromatic N) is 4. The summed E-state index contributed by atoms with van der Waals surface area (Å²) in [5.41, 5.74) is 3.49. The van der Waals surface area contributed by atoms with E-state index in [0.29, 0.717) is 5.69 Å². The molecule has 1 N–H and O–H groups in total. The Hall–Kier alpha value is -2.99. The van der Waals surface area contributed by atoms with Crippen LogP contribution in [0, 0.1) is 0 Å². The highest BCUT2D eigenvalue weighted by molar-refractivity contribution is 5.94. The molecule has 2 aromatic heterocycles. The van der Waals surface area contributed by atoms with Gasteiger partial charge in [0.2, 0.25) is 0 Å². The Bertz CT molecular complexity index is 907. The Labute approximate surface area is 158 Å². The van der Waals surface area contributed by atoms with E-state index in [4.69, 9.17) is 0 Å². The van der Waals surface area contributed by atoms with Crippen molar-refractivity contribution in [2.75, 3.05) is 19.6 Å². The summed E-state index contributed by atoms with van der Waals surface area (Å²) < 4.78 is 1.68. The van der Waals surface area contributed by atoms with Gasteiger partial charge in [-0.1, -0.05) is 30.3 Å². The van der Waals surface area contributed by atoms with Gasteiger partial charge < -0.3 is 10.2 Å². The summed E-state index contributed by atoms with van der Waals surface area (Å²) in [5.74, 6) is 0.0165. The van der Waals surface area contributed by atoms with Crippen molar-refractivity contribution < 1.29 is 4.79 Å². The van der Waals surface area contributed by atoms with Gasteiger partial charge in [-0.15, -0.1) is 0 Å². The van der Waals surface area contributed by atoms with Gasteiger partial charge in [-0.05, 0) is 36.7 Å². The molecular weight excluding hydrogens is 338 g/mol. The number of nitrogens with one attached hydrogen (secondary N) is 1. The lowest BCUT2D eigenvalue weighted by molar-refractivity contribution is 0.0680. The molecule has 1 saturated heterocycles. The third-order valence-corrected chi connectivity index (χ3v) is 4.99. The van der Waals surface area contributed by atoms with E-state index in [1.807, 2.05) is 48.3 Å². The second kappa shape index (κ2) is 7.72. The number of pyridine rings is 1. The minimum Gasteiger partial charge on any atom is -0.329 e. The monoisotopic (exact) mass is 361 g/mol. The average Bonchev–Trinajstić information content (AvgIpc) is 2.95. The first-order valence-electron chi connectivity index (χ1n) is 9.25. The molecule has 3 heterocycles. The lowest BCUT2D eigenvalue weighted by Crippen LogP contribution is -2.38. The fraction of sp³-hybridized carbons (Fsp3) is 0.286. The van der Waals surface area contributed by atoms with Crippen molar-refractivity contribution in [3.63, 3.8) is 0 Å². The van der Waals surface area contributed by atoms with E-state index in [0.717, 1.165) is 42.9 Å². The van der Waals surface area contributed by atoms with Crippen molar-refractivity contribution in [2.45, 2.75) is 12.5 Å². The second-order valence-corrected chi connectivity index (χ2v) is 6.76. The van der Waals surface area contributed by atoms with Crippen molar-refractivity contribution in [3.8, 4) is 11.3 Å². The highest BCUT2D eigenvalue weighted by Crippen LogP contribution is 2.25. The van der Waals surface area contributed by atoms with Crippen molar-refractivity contribution in [2.24, 2.45) is 7.05 Å². The quantitative estimate of drug-likeness (QED) is 0.779. The number of carbonyl (C=O) groups excluding carboxylic acids is 1. The molecule has 3 aromatic rings. The highest BCUT2D eigenvalue weighted by atomic mass is 16.2. The van der Waals surface area contributed by atoms with E-state index >= 15 is 0 Å². The van der Waals surface area contributed by atoms with Crippen molar-refractivity contribution in [3.05, 3.63) is 72.2 Å². The molecule has 6 nitrogen and oxygen atoms in total. The van der Waals surface area contributed by atoms with Gasteiger partial charge in [-0.2, -0.15) is 5.10 Å². The molecule has 27 heavy (non-hydrogen) atoms. The summed E-state index contributed by atoms with van der Waals surface area (Å²) in [4.78, 5) is 19.4. The molecule has 6 heteroatoms. The van der Waals surface area contributed by atoms with E-state index in [2.05, 4.69) is 27.5 Å². The maximum atomic E-state index is 13.4. The van der Waals surface area contributed by atoms with Gasteiger partial charge in [0.1, 0.15) is 5.69 Å². The number of aryl methyl sites for hydroxylation is 1. The van der Waals surface area contributed by atoms with Crippen molar-refractivity contribution in [1.82, 2.24) is 25.0 Å². The van der Waals surface area contributed by atoms with Gasteiger partial charge in [-0.3, -0.25) is 14.5 Å². The largest absolute Gasteiger partial charge is 0.329 e. The van der Waals surface area contributed by atoms with Gasteiger partial charge in [0.05, 0.1) is 11.7 Å². The number of amides is 1. The Morgan fingerprint density at radius 3 is 2.70 bits per heavy atom. The molecule has 0 radical (unpaired) electrons. The summed E-state index contributed by atoms with van der Waals surface area (Å²) in [6.07, 6.45) is 4.40. The summed E-state index contributed by atoms with van der Waals surface area (Å²) >= 11 is 0. The van der Waals surface area contributed by atoms with Crippen LogP contribution < -0.4 is 5.32 Å². The van der Waals surface area contributed by atoms with Crippen LogP contribution in [-0.2, 0) is 7.05 Å². The molecule has 1 atom stereocenters. The molecule has 138 valence electrons. The average molecular weight is 361 g/mol. The van der Waals surface area contributed by atoms with Crippen LogP contribution in [0.2, 0.25) is 0 Å². The van der Waals surface area contributed by atoms with Crippen LogP contribution in [-0.4, -0.2) is 45.2 Å². The molecule has 0 saturated carbocycles. The molecule has 0 bridgehead atoms. The predicted molar refractivity (Wildman–Crippen MR) is 104 cm³/mol. The van der Waals surface area contributed by atoms with Crippen LogP contribution in [0.5, 0.6) is 0 Å². The van der Waals surface area contributed by atoms with Crippen LogP contribution in [0.25, 0.3) is 11.3 Å². The number of hydrogen-bond donors (Lipinski definition) is 1. The maximum absolute atomic E-state index is 13.4. The number of carbonyl (C=O) groups is 1.